The molecule has 10 rings (SSSR count). The summed E-state index contributed by atoms with van der Waals surface area (Å²) >= 11 is 0. The molecule has 0 atom stereocenters. The maximum atomic E-state index is 9.77. The zero-order chi connectivity index (χ0) is 40.5. The monoisotopic (exact) mass is 607 g/mol. The lowest BCUT2D eigenvalue weighted by molar-refractivity contribution is 0.669. The molecule has 0 aliphatic rings. The summed E-state index contributed by atoms with van der Waals surface area (Å²) in [7, 11) is 0. The zero-order valence-corrected chi connectivity index (χ0v) is 24.7. The predicted octanol–water partition coefficient (Wildman–Crippen LogP) is 13.2. The molecule has 218 valence electrons. The minimum absolute atomic E-state index is 0.00650. The third kappa shape index (κ3) is 4.03. The highest BCUT2D eigenvalue weighted by atomic mass is 16.3. The Kier molecular flexibility index (Phi) is 3.79. The van der Waals surface area contributed by atoms with Gasteiger partial charge >= 0.3 is 0 Å². The number of hydrogen-bond acceptors (Lipinski definition) is 1. The summed E-state index contributed by atoms with van der Waals surface area (Å²) < 4.78 is 104. The lowest BCUT2D eigenvalue weighted by Crippen LogP contribution is -1.91. The van der Waals surface area contributed by atoms with Gasteiger partial charge in [-0.25, -0.2) is 0 Å². The van der Waals surface area contributed by atoms with Crippen LogP contribution in [0.4, 0.5) is 0 Å². The van der Waals surface area contributed by atoms with Gasteiger partial charge < -0.3 is 4.42 Å². The standard InChI is InChI=1S/C46H28O/c1-2-13-31-28-44-42(26-30(31)12-1)41-27-34(23-24-43(41)47-44)46-39-20-7-5-18-37(39)45(38-19-6-8-21-40(38)46)33-16-9-15-32(25-33)36-22-10-14-29-11-3-4-17-35(29)36/h1-28H/i3D,4D,9D,10D,11D,14D,15D,16D,17D,22D,25D. The van der Waals surface area contributed by atoms with E-state index in [0.29, 0.717) is 16.3 Å². The summed E-state index contributed by atoms with van der Waals surface area (Å²) in [6, 6.07) is 27.3. The van der Waals surface area contributed by atoms with Crippen molar-refractivity contribution in [3.8, 4) is 33.4 Å². The molecule has 0 bridgehead atoms. The lowest BCUT2D eigenvalue weighted by atomic mass is 9.85. The van der Waals surface area contributed by atoms with Crippen LogP contribution < -0.4 is 0 Å². The Morgan fingerprint density at radius 1 is 0.383 bits per heavy atom. The van der Waals surface area contributed by atoms with Crippen LogP contribution in [0, 0.1) is 0 Å². The van der Waals surface area contributed by atoms with Gasteiger partial charge in [-0.05, 0) is 107 Å². The van der Waals surface area contributed by atoms with Gasteiger partial charge in [-0.3, -0.25) is 0 Å². The van der Waals surface area contributed by atoms with Crippen molar-refractivity contribution in [3.63, 3.8) is 0 Å². The first kappa shape index (κ1) is 17.5. The molecule has 0 amide bonds. The molecule has 1 heteroatoms. The number of benzene rings is 9. The van der Waals surface area contributed by atoms with E-state index >= 15 is 0 Å². The van der Waals surface area contributed by atoms with E-state index in [1.807, 2.05) is 78.9 Å². The van der Waals surface area contributed by atoms with Gasteiger partial charge in [0.25, 0.3) is 0 Å². The molecule has 1 aromatic heterocycles. The van der Waals surface area contributed by atoms with E-state index < -0.39 is 66.5 Å². The second-order valence-electron chi connectivity index (χ2n) is 11.6. The van der Waals surface area contributed by atoms with Gasteiger partial charge in [0, 0.05) is 10.8 Å². The van der Waals surface area contributed by atoms with Gasteiger partial charge in [-0.2, -0.15) is 0 Å². The molecule has 0 unspecified atom stereocenters. The summed E-state index contributed by atoms with van der Waals surface area (Å²) in [4.78, 5) is 0. The Balaban J connectivity index is 1.31. The SMILES string of the molecule is [2H]c1c([2H])c(-c2c3ccccc3c(-c3ccc4oc5cc6ccccc6cc5c4c3)c3ccccc23)c([2H])c(-c2c([2H])c([2H])c([2H])c3c([2H])c([2H])c([2H])c([2H])c23)c1[2H]. The fourth-order valence-electron chi connectivity index (χ4n) is 6.92. The molecule has 1 heterocycles. The summed E-state index contributed by atoms with van der Waals surface area (Å²) in [6.45, 7) is 0. The molecule has 0 saturated carbocycles. The normalized spacial score (nSPS) is 15.1. The van der Waals surface area contributed by atoms with Gasteiger partial charge in [0.1, 0.15) is 11.2 Å². The highest BCUT2D eigenvalue weighted by Gasteiger charge is 2.18. The van der Waals surface area contributed by atoms with Crippen molar-refractivity contribution in [2.24, 2.45) is 0 Å². The molecule has 0 saturated heterocycles. The first-order chi connectivity index (χ1) is 27.9. The minimum atomic E-state index is -0.648. The van der Waals surface area contributed by atoms with E-state index in [0.717, 1.165) is 54.6 Å². The van der Waals surface area contributed by atoms with Crippen LogP contribution in [0.3, 0.4) is 0 Å². The molecule has 0 fully saturated rings. The molecule has 0 radical (unpaired) electrons. The van der Waals surface area contributed by atoms with Crippen LogP contribution >= 0.6 is 0 Å². The molecular weight excluding hydrogens is 569 g/mol. The van der Waals surface area contributed by atoms with E-state index in [1.165, 1.54) is 0 Å². The van der Waals surface area contributed by atoms with Crippen molar-refractivity contribution >= 4 is 65.0 Å². The summed E-state index contributed by atoms with van der Waals surface area (Å²) in [5.74, 6) is 0. The Morgan fingerprint density at radius 2 is 0.979 bits per heavy atom. The predicted molar refractivity (Wildman–Crippen MR) is 200 cm³/mol. The third-order valence-corrected chi connectivity index (χ3v) is 9.00. The maximum Gasteiger partial charge on any atom is 0.136 e. The average Bonchev–Trinajstić information content (AvgIpc) is 3.59. The fraction of sp³-hybridized carbons (Fsp3) is 0. The molecular formula is C46H28O. The molecule has 0 N–H and O–H groups in total. The van der Waals surface area contributed by atoms with Crippen molar-refractivity contribution in [1.29, 1.82) is 0 Å². The third-order valence-electron chi connectivity index (χ3n) is 9.00. The van der Waals surface area contributed by atoms with Crippen LogP contribution in [0.1, 0.15) is 15.1 Å². The van der Waals surface area contributed by atoms with E-state index in [2.05, 4.69) is 24.3 Å². The van der Waals surface area contributed by atoms with Crippen molar-refractivity contribution in [2.45, 2.75) is 0 Å². The molecule has 0 aliphatic heterocycles. The second-order valence-corrected chi connectivity index (χ2v) is 11.6. The van der Waals surface area contributed by atoms with E-state index in [1.54, 1.807) is 0 Å². The Bertz CT molecular complexity index is 3410. The number of rotatable bonds is 3. The van der Waals surface area contributed by atoms with Crippen LogP contribution in [0.2, 0.25) is 0 Å². The van der Waals surface area contributed by atoms with Crippen molar-refractivity contribution < 1.29 is 19.5 Å². The molecule has 47 heavy (non-hydrogen) atoms. The lowest BCUT2D eigenvalue weighted by Gasteiger charge is -2.18. The molecule has 1 nitrogen and oxygen atoms in total. The zero-order valence-electron chi connectivity index (χ0n) is 35.7. The molecule has 9 aromatic carbocycles. The topological polar surface area (TPSA) is 13.1 Å². The Labute approximate surface area is 287 Å². The minimum Gasteiger partial charge on any atom is -0.456 e. The number of furan rings is 1. The van der Waals surface area contributed by atoms with Gasteiger partial charge in [0.15, 0.2) is 0 Å². The number of hydrogen-bond donors (Lipinski definition) is 0. The van der Waals surface area contributed by atoms with E-state index in [9.17, 15) is 2.74 Å². The highest BCUT2D eigenvalue weighted by Crippen LogP contribution is 2.45. The van der Waals surface area contributed by atoms with Crippen LogP contribution in [-0.2, 0) is 0 Å². The van der Waals surface area contributed by atoms with Crippen molar-refractivity contribution in [3.05, 3.63) is 170 Å². The van der Waals surface area contributed by atoms with Gasteiger partial charge in [0.05, 0.1) is 15.1 Å². The van der Waals surface area contributed by atoms with Crippen LogP contribution in [0.15, 0.2) is 174 Å². The van der Waals surface area contributed by atoms with Crippen LogP contribution in [-0.4, -0.2) is 0 Å². The summed E-state index contributed by atoms with van der Waals surface area (Å²) in [5.41, 5.74) is 3.10. The van der Waals surface area contributed by atoms with E-state index in [4.69, 9.17) is 16.8 Å². The average molecular weight is 608 g/mol. The maximum absolute atomic E-state index is 9.77. The highest BCUT2D eigenvalue weighted by molar-refractivity contribution is 6.22. The number of fused-ring (bicyclic) bond motifs is 7. The molecule has 0 spiro atoms. The Morgan fingerprint density at radius 3 is 1.74 bits per heavy atom. The Hall–Kier alpha value is -6.18. The van der Waals surface area contributed by atoms with Gasteiger partial charge in [0.2, 0.25) is 0 Å². The molecule has 10 aromatic rings. The van der Waals surface area contributed by atoms with Crippen molar-refractivity contribution in [2.75, 3.05) is 0 Å². The fourth-order valence-corrected chi connectivity index (χ4v) is 6.92. The summed E-state index contributed by atoms with van der Waals surface area (Å²) in [6.07, 6.45) is 0. The van der Waals surface area contributed by atoms with Crippen LogP contribution in [0.25, 0.3) is 98.4 Å². The molecule has 0 aliphatic carbocycles. The van der Waals surface area contributed by atoms with Gasteiger partial charge in [-0.1, -0.05) is 139 Å². The van der Waals surface area contributed by atoms with E-state index in [-0.39, 0.29) is 27.5 Å². The largest absolute Gasteiger partial charge is 0.456 e. The van der Waals surface area contributed by atoms with Crippen LogP contribution in [0.5, 0.6) is 0 Å². The summed E-state index contributed by atoms with van der Waals surface area (Å²) in [5, 5.41) is 6.38. The first-order valence-electron chi connectivity index (χ1n) is 20.8. The second kappa shape index (κ2) is 10.2. The first-order valence-corrected chi connectivity index (χ1v) is 15.3. The van der Waals surface area contributed by atoms with Crippen molar-refractivity contribution in [1.82, 2.24) is 0 Å². The van der Waals surface area contributed by atoms with Gasteiger partial charge in [-0.15, -0.1) is 0 Å². The quantitative estimate of drug-likeness (QED) is 0.182. The smallest absolute Gasteiger partial charge is 0.136 e.